The van der Waals surface area contributed by atoms with Gasteiger partial charge >= 0.3 is 0 Å². The Balaban J connectivity index is 1.79. The van der Waals surface area contributed by atoms with E-state index in [1.807, 2.05) is 13.8 Å². The first kappa shape index (κ1) is 11.5. The van der Waals surface area contributed by atoms with Gasteiger partial charge in [0.1, 0.15) is 0 Å². The summed E-state index contributed by atoms with van der Waals surface area (Å²) in [5, 5.41) is 3.39. The second-order valence-electron chi connectivity index (χ2n) is 4.32. The fraction of sp³-hybridized carbons (Fsp3) is 0.750. The number of aryl methyl sites for hydroxylation is 1. The van der Waals surface area contributed by atoms with Crippen LogP contribution in [0.5, 0.6) is 0 Å². The minimum atomic E-state index is 0.690. The van der Waals surface area contributed by atoms with Crippen LogP contribution in [-0.2, 0) is 4.74 Å². The van der Waals surface area contributed by atoms with Crippen molar-refractivity contribution in [2.75, 3.05) is 25.1 Å². The summed E-state index contributed by atoms with van der Waals surface area (Å²) < 4.78 is 7.57. The first-order valence-corrected chi connectivity index (χ1v) is 6.18. The summed E-state index contributed by atoms with van der Waals surface area (Å²) in [7, 11) is 0. The van der Waals surface area contributed by atoms with E-state index in [0.717, 1.165) is 37.8 Å². The minimum Gasteiger partial charge on any atom is -0.382 e. The molecule has 0 radical (unpaired) electrons. The van der Waals surface area contributed by atoms with Crippen LogP contribution in [-0.4, -0.2) is 29.3 Å². The molecule has 16 heavy (non-hydrogen) atoms. The van der Waals surface area contributed by atoms with Crippen molar-refractivity contribution in [3.63, 3.8) is 0 Å². The monoisotopic (exact) mass is 223 g/mol. The SMILES string of the molecule is CCOCCCNc1nc(C)cn1C1CC1. The fourth-order valence-electron chi connectivity index (χ4n) is 1.80. The van der Waals surface area contributed by atoms with E-state index in [1.54, 1.807) is 0 Å². The fourth-order valence-corrected chi connectivity index (χ4v) is 1.80. The standard InChI is InChI=1S/C12H21N3O/c1-3-16-8-4-7-13-12-14-10(2)9-15(12)11-5-6-11/h9,11H,3-8H2,1-2H3,(H,13,14). The molecule has 4 nitrogen and oxygen atoms in total. The lowest BCUT2D eigenvalue weighted by molar-refractivity contribution is 0.147. The van der Waals surface area contributed by atoms with Crippen LogP contribution >= 0.6 is 0 Å². The maximum absolute atomic E-state index is 5.30. The van der Waals surface area contributed by atoms with Gasteiger partial charge < -0.3 is 14.6 Å². The Morgan fingerprint density at radius 3 is 3.06 bits per heavy atom. The zero-order valence-electron chi connectivity index (χ0n) is 10.2. The van der Waals surface area contributed by atoms with Crippen LogP contribution in [0.2, 0.25) is 0 Å². The second kappa shape index (κ2) is 5.34. The highest BCUT2D eigenvalue weighted by molar-refractivity contribution is 5.30. The van der Waals surface area contributed by atoms with Gasteiger partial charge in [-0.1, -0.05) is 0 Å². The van der Waals surface area contributed by atoms with E-state index in [9.17, 15) is 0 Å². The summed E-state index contributed by atoms with van der Waals surface area (Å²) in [5.41, 5.74) is 1.10. The molecule has 0 aliphatic heterocycles. The first-order chi connectivity index (χ1) is 7.81. The van der Waals surface area contributed by atoms with Gasteiger partial charge in [-0.2, -0.15) is 0 Å². The van der Waals surface area contributed by atoms with E-state index in [2.05, 4.69) is 21.1 Å². The van der Waals surface area contributed by atoms with Crippen molar-refractivity contribution in [2.45, 2.75) is 39.2 Å². The molecule has 0 unspecified atom stereocenters. The van der Waals surface area contributed by atoms with E-state index in [0.29, 0.717) is 6.04 Å². The smallest absolute Gasteiger partial charge is 0.203 e. The zero-order chi connectivity index (χ0) is 11.4. The summed E-state index contributed by atoms with van der Waals surface area (Å²) in [6, 6.07) is 0.690. The van der Waals surface area contributed by atoms with E-state index in [-0.39, 0.29) is 0 Å². The quantitative estimate of drug-likeness (QED) is 0.721. The number of ether oxygens (including phenoxy) is 1. The number of rotatable bonds is 7. The zero-order valence-corrected chi connectivity index (χ0v) is 10.2. The van der Waals surface area contributed by atoms with Crippen LogP contribution < -0.4 is 5.32 Å². The Kier molecular flexibility index (Phi) is 3.83. The third kappa shape index (κ3) is 2.98. The van der Waals surface area contributed by atoms with Crippen LogP contribution in [0.1, 0.15) is 37.9 Å². The van der Waals surface area contributed by atoms with E-state index < -0.39 is 0 Å². The number of anilines is 1. The molecule has 1 aliphatic rings. The van der Waals surface area contributed by atoms with E-state index in [4.69, 9.17) is 4.74 Å². The molecule has 2 rings (SSSR count). The topological polar surface area (TPSA) is 39.1 Å². The molecule has 1 aromatic heterocycles. The molecule has 1 saturated carbocycles. The summed E-state index contributed by atoms with van der Waals surface area (Å²) in [6.45, 7) is 6.63. The number of imidazole rings is 1. The third-order valence-corrected chi connectivity index (χ3v) is 2.75. The van der Waals surface area contributed by atoms with Crippen LogP contribution in [0, 0.1) is 6.92 Å². The van der Waals surface area contributed by atoms with Gasteiger partial charge in [0.05, 0.1) is 5.69 Å². The van der Waals surface area contributed by atoms with Crippen molar-refractivity contribution in [3.8, 4) is 0 Å². The lowest BCUT2D eigenvalue weighted by Crippen LogP contribution is -2.10. The molecule has 4 heteroatoms. The van der Waals surface area contributed by atoms with Gasteiger partial charge in [0.25, 0.3) is 0 Å². The average Bonchev–Trinajstić information content (AvgIpc) is 3.03. The van der Waals surface area contributed by atoms with Crippen LogP contribution in [0.3, 0.4) is 0 Å². The van der Waals surface area contributed by atoms with E-state index >= 15 is 0 Å². The lowest BCUT2D eigenvalue weighted by atomic mass is 10.4. The molecule has 1 aliphatic carbocycles. The highest BCUT2D eigenvalue weighted by Crippen LogP contribution is 2.37. The van der Waals surface area contributed by atoms with Gasteiger partial charge in [-0.25, -0.2) is 4.98 Å². The van der Waals surface area contributed by atoms with Crippen LogP contribution in [0.15, 0.2) is 6.20 Å². The van der Waals surface area contributed by atoms with Crippen LogP contribution in [0.25, 0.3) is 0 Å². The van der Waals surface area contributed by atoms with Crippen molar-refractivity contribution in [3.05, 3.63) is 11.9 Å². The Labute approximate surface area is 97.0 Å². The number of nitrogens with zero attached hydrogens (tertiary/aromatic N) is 2. The molecular weight excluding hydrogens is 202 g/mol. The number of nitrogens with one attached hydrogen (secondary N) is 1. The van der Waals surface area contributed by atoms with Crippen LogP contribution in [0.4, 0.5) is 5.95 Å². The Hall–Kier alpha value is -1.03. The molecule has 0 saturated heterocycles. The van der Waals surface area contributed by atoms with Crippen molar-refractivity contribution >= 4 is 5.95 Å². The summed E-state index contributed by atoms with van der Waals surface area (Å²) in [5.74, 6) is 1.02. The summed E-state index contributed by atoms with van der Waals surface area (Å²) in [6.07, 6.45) is 5.76. The Bertz CT molecular complexity index is 331. The highest BCUT2D eigenvalue weighted by atomic mass is 16.5. The number of hydrogen-bond donors (Lipinski definition) is 1. The molecule has 0 spiro atoms. The number of hydrogen-bond acceptors (Lipinski definition) is 3. The largest absolute Gasteiger partial charge is 0.382 e. The van der Waals surface area contributed by atoms with Gasteiger partial charge in [-0.15, -0.1) is 0 Å². The predicted molar refractivity (Wildman–Crippen MR) is 64.8 cm³/mol. The predicted octanol–water partition coefficient (Wildman–Crippen LogP) is 2.36. The average molecular weight is 223 g/mol. The highest BCUT2D eigenvalue weighted by Gasteiger charge is 2.25. The molecule has 0 aromatic carbocycles. The van der Waals surface area contributed by atoms with Gasteiger partial charge in [-0.3, -0.25) is 0 Å². The maximum atomic E-state index is 5.30. The second-order valence-corrected chi connectivity index (χ2v) is 4.32. The molecule has 1 N–H and O–H groups in total. The molecule has 1 heterocycles. The van der Waals surface area contributed by atoms with Crippen molar-refractivity contribution in [1.82, 2.24) is 9.55 Å². The van der Waals surface area contributed by atoms with Gasteiger partial charge in [-0.05, 0) is 33.1 Å². The Morgan fingerprint density at radius 1 is 1.56 bits per heavy atom. The van der Waals surface area contributed by atoms with Crippen molar-refractivity contribution in [2.24, 2.45) is 0 Å². The summed E-state index contributed by atoms with van der Waals surface area (Å²) >= 11 is 0. The summed E-state index contributed by atoms with van der Waals surface area (Å²) in [4.78, 5) is 4.50. The molecule has 0 atom stereocenters. The minimum absolute atomic E-state index is 0.690. The Morgan fingerprint density at radius 2 is 2.38 bits per heavy atom. The third-order valence-electron chi connectivity index (χ3n) is 2.75. The van der Waals surface area contributed by atoms with E-state index in [1.165, 1.54) is 12.8 Å². The normalized spacial score (nSPS) is 15.4. The molecular formula is C12H21N3O. The molecule has 1 fully saturated rings. The van der Waals surface area contributed by atoms with Gasteiger partial charge in [0.15, 0.2) is 0 Å². The molecule has 0 amide bonds. The van der Waals surface area contributed by atoms with Crippen molar-refractivity contribution in [1.29, 1.82) is 0 Å². The lowest BCUT2D eigenvalue weighted by Gasteiger charge is -2.08. The molecule has 90 valence electrons. The van der Waals surface area contributed by atoms with Crippen molar-refractivity contribution < 1.29 is 4.74 Å². The number of aromatic nitrogens is 2. The van der Waals surface area contributed by atoms with Gasteiger partial charge in [0.2, 0.25) is 5.95 Å². The maximum Gasteiger partial charge on any atom is 0.203 e. The van der Waals surface area contributed by atoms with Gasteiger partial charge in [0, 0.05) is 32.0 Å². The molecule has 0 bridgehead atoms. The first-order valence-electron chi connectivity index (χ1n) is 6.18. The molecule has 1 aromatic rings.